The van der Waals surface area contributed by atoms with Gasteiger partial charge in [0.15, 0.2) is 0 Å². The molecule has 0 aromatic carbocycles. The lowest BCUT2D eigenvalue weighted by Crippen LogP contribution is -2.52. The zero-order valence-electron chi connectivity index (χ0n) is 15.0. The van der Waals surface area contributed by atoms with Crippen LogP contribution in [0.15, 0.2) is 23.8 Å². The molecule has 0 heterocycles. The second kappa shape index (κ2) is 7.08. The summed E-state index contributed by atoms with van der Waals surface area (Å²) in [6, 6.07) is 0. The van der Waals surface area contributed by atoms with Gasteiger partial charge >= 0.3 is 0 Å². The molecule has 0 unspecified atom stereocenters. The van der Waals surface area contributed by atoms with Gasteiger partial charge in [0.25, 0.3) is 0 Å². The molecule has 0 radical (unpaired) electrons. The Balaban J connectivity index is 2.32. The fourth-order valence-corrected chi connectivity index (χ4v) is 5.54. The van der Waals surface area contributed by atoms with Gasteiger partial charge in [0.05, 0.1) is 12.7 Å². The Morgan fingerprint density at radius 2 is 2.00 bits per heavy atom. The van der Waals surface area contributed by atoms with Gasteiger partial charge in [0, 0.05) is 12.5 Å². The molecular weight excluding hydrogens is 288 g/mol. The molecule has 0 saturated heterocycles. The van der Waals surface area contributed by atoms with Crippen LogP contribution in [0.25, 0.3) is 0 Å². The van der Waals surface area contributed by atoms with Gasteiger partial charge in [-0.3, -0.25) is 0 Å². The molecule has 0 amide bonds. The summed E-state index contributed by atoms with van der Waals surface area (Å²) < 4.78 is 0. The average Bonchev–Trinajstić information content (AvgIpc) is 2.45. The second-order valence-electron chi connectivity index (χ2n) is 8.52. The number of aliphatic hydroxyl groups excluding tert-OH is 3. The second-order valence-corrected chi connectivity index (χ2v) is 8.52. The maximum atomic E-state index is 10.9. The number of hydrogen-bond donors (Lipinski definition) is 3. The molecule has 23 heavy (non-hydrogen) atoms. The predicted octanol–water partition coefficient (Wildman–Crippen LogP) is 3.45. The van der Waals surface area contributed by atoms with Crippen LogP contribution in [0, 0.1) is 22.7 Å². The Morgan fingerprint density at radius 3 is 2.61 bits per heavy atom. The first-order valence-corrected chi connectivity index (χ1v) is 9.03. The van der Waals surface area contributed by atoms with Gasteiger partial charge < -0.3 is 15.3 Å². The summed E-state index contributed by atoms with van der Waals surface area (Å²) in [5.74, 6) is 0.638. The van der Waals surface area contributed by atoms with Gasteiger partial charge in [-0.2, -0.15) is 0 Å². The van der Waals surface area contributed by atoms with Crippen molar-refractivity contribution in [1.82, 2.24) is 0 Å². The van der Waals surface area contributed by atoms with Crippen molar-refractivity contribution in [3.05, 3.63) is 23.8 Å². The predicted molar refractivity (Wildman–Crippen MR) is 94.0 cm³/mol. The van der Waals surface area contributed by atoms with Gasteiger partial charge in [0.1, 0.15) is 0 Å². The van der Waals surface area contributed by atoms with E-state index >= 15 is 0 Å². The van der Waals surface area contributed by atoms with E-state index in [4.69, 9.17) is 5.11 Å². The largest absolute Gasteiger partial charge is 0.396 e. The fourth-order valence-electron chi connectivity index (χ4n) is 5.54. The number of rotatable bonds is 5. The van der Waals surface area contributed by atoms with Crippen LogP contribution in [0.1, 0.15) is 59.3 Å². The molecule has 0 spiro atoms. The van der Waals surface area contributed by atoms with E-state index in [1.54, 1.807) is 6.08 Å². The Bertz CT molecular complexity index is 466. The van der Waals surface area contributed by atoms with Crippen LogP contribution in [-0.2, 0) is 0 Å². The molecule has 0 aliphatic heterocycles. The molecule has 2 rings (SSSR count). The van der Waals surface area contributed by atoms with E-state index in [9.17, 15) is 10.2 Å². The molecule has 3 nitrogen and oxygen atoms in total. The van der Waals surface area contributed by atoms with Crippen LogP contribution in [0.2, 0.25) is 0 Å². The van der Waals surface area contributed by atoms with Gasteiger partial charge in [-0.05, 0) is 54.4 Å². The smallest absolute Gasteiger partial charge is 0.0794 e. The molecule has 3 N–H and O–H groups in total. The summed E-state index contributed by atoms with van der Waals surface area (Å²) in [5, 5.41) is 29.5. The molecule has 0 aromatic rings. The normalized spacial score (nSPS) is 35.7. The highest BCUT2D eigenvalue weighted by atomic mass is 16.3. The van der Waals surface area contributed by atoms with Gasteiger partial charge in [-0.1, -0.05) is 45.4 Å². The summed E-state index contributed by atoms with van der Waals surface area (Å²) in [6.07, 6.45) is 7.28. The summed E-state index contributed by atoms with van der Waals surface area (Å²) >= 11 is 0. The van der Waals surface area contributed by atoms with Crippen molar-refractivity contribution in [2.45, 2.75) is 65.4 Å². The molecule has 3 heteroatoms. The van der Waals surface area contributed by atoms with E-state index in [0.717, 1.165) is 18.4 Å². The van der Waals surface area contributed by atoms with Gasteiger partial charge in [-0.15, -0.1) is 0 Å². The third-order valence-corrected chi connectivity index (χ3v) is 6.56. The lowest BCUT2D eigenvalue weighted by Gasteiger charge is -2.58. The SMILES string of the molecule is C=C1CC[C@H]2C(C)(C)CCC[C@]2(C)[C@H]1[C@@H](O)/C=C(/CO)CCO. The highest BCUT2D eigenvalue weighted by Crippen LogP contribution is 2.61. The van der Waals surface area contributed by atoms with Crippen LogP contribution in [0.5, 0.6) is 0 Å². The van der Waals surface area contributed by atoms with Crippen LogP contribution in [0.3, 0.4) is 0 Å². The van der Waals surface area contributed by atoms with Crippen molar-refractivity contribution >= 4 is 0 Å². The zero-order chi connectivity index (χ0) is 17.3. The first-order chi connectivity index (χ1) is 10.8. The standard InChI is InChI=1S/C20H34O3/c1-14-6-7-17-19(2,3)9-5-10-20(17,4)18(14)16(23)12-15(13-22)8-11-21/h12,16-18,21-23H,1,5-11,13H2,2-4H3/b15-12+/t16-,17-,18+,20-/m0/s1. The maximum Gasteiger partial charge on any atom is 0.0794 e. The molecular formula is C20H34O3. The van der Waals surface area contributed by atoms with E-state index in [2.05, 4.69) is 27.4 Å². The minimum absolute atomic E-state index is 0.00233. The minimum Gasteiger partial charge on any atom is -0.396 e. The summed E-state index contributed by atoms with van der Waals surface area (Å²) in [6.45, 7) is 11.2. The van der Waals surface area contributed by atoms with Crippen LogP contribution < -0.4 is 0 Å². The Hall–Kier alpha value is -0.640. The molecule has 0 bridgehead atoms. The Labute approximate surface area is 141 Å². The van der Waals surface area contributed by atoms with Gasteiger partial charge in [0.2, 0.25) is 0 Å². The maximum absolute atomic E-state index is 10.9. The topological polar surface area (TPSA) is 60.7 Å². The first-order valence-electron chi connectivity index (χ1n) is 9.03. The van der Waals surface area contributed by atoms with E-state index in [-0.39, 0.29) is 24.5 Å². The first kappa shape index (κ1) is 18.7. The fraction of sp³-hybridized carbons (Fsp3) is 0.800. The lowest BCUT2D eigenvalue weighted by molar-refractivity contribution is -0.0786. The Morgan fingerprint density at radius 1 is 1.30 bits per heavy atom. The highest BCUT2D eigenvalue weighted by molar-refractivity contribution is 5.21. The number of hydrogen-bond acceptors (Lipinski definition) is 3. The third-order valence-electron chi connectivity index (χ3n) is 6.56. The molecule has 2 aliphatic carbocycles. The monoisotopic (exact) mass is 322 g/mol. The van der Waals surface area contributed by atoms with E-state index in [1.165, 1.54) is 19.3 Å². The summed E-state index contributed by atoms with van der Waals surface area (Å²) in [5.41, 5.74) is 2.23. The summed E-state index contributed by atoms with van der Waals surface area (Å²) in [7, 11) is 0. The van der Waals surface area contributed by atoms with Crippen molar-refractivity contribution in [3.8, 4) is 0 Å². The van der Waals surface area contributed by atoms with Crippen molar-refractivity contribution in [2.75, 3.05) is 13.2 Å². The molecule has 4 atom stereocenters. The van der Waals surface area contributed by atoms with Gasteiger partial charge in [-0.25, -0.2) is 0 Å². The van der Waals surface area contributed by atoms with E-state index in [1.807, 2.05) is 0 Å². The van der Waals surface area contributed by atoms with Crippen molar-refractivity contribution in [2.24, 2.45) is 22.7 Å². The Kier molecular flexibility index (Phi) is 5.76. The third kappa shape index (κ3) is 3.57. The van der Waals surface area contributed by atoms with Crippen molar-refractivity contribution in [1.29, 1.82) is 0 Å². The molecule has 2 saturated carbocycles. The van der Waals surface area contributed by atoms with Crippen LogP contribution in [-0.4, -0.2) is 34.6 Å². The average molecular weight is 322 g/mol. The molecule has 132 valence electrons. The quantitative estimate of drug-likeness (QED) is 0.679. The minimum atomic E-state index is -0.627. The highest BCUT2D eigenvalue weighted by Gasteiger charge is 2.54. The molecule has 2 aliphatic rings. The van der Waals surface area contributed by atoms with Crippen LogP contribution in [0.4, 0.5) is 0 Å². The molecule has 2 fully saturated rings. The number of aliphatic hydroxyl groups is 3. The van der Waals surface area contributed by atoms with E-state index in [0.29, 0.717) is 23.3 Å². The van der Waals surface area contributed by atoms with Crippen molar-refractivity contribution < 1.29 is 15.3 Å². The number of fused-ring (bicyclic) bond motifs is 1. The molecule has 0 aromatic heterocycles. The van der Waals surface area contributed by atoms with Crippen LogP contribution >= 0.6 is 0 Å². The van der Waals surface area contributed by atoms with E-state index < -0.39 is 6.10 Å². The zero-order valence-corrected chi connectivity index (χ0v) is 15.0. The van der Waals surface area contributed by atoms with Crippen molar-refractivity contribution in [3.63, 3.8) is 0 Å². The summed E-state index contributed by atoms with van der Waals surface area (Å²) in [4.78, 5) is 0. The lowest BCUT2D eigenvalue weighted by atomic mass is 9.47.